The lowest BCUT2D eigenvalue weighted by atomic mass is 10.0. The fourth-order valence-electron chi connectivity index (χ4n) is 2.39. The minimum atomic E-state index is -0.0797. The number of nitrogens with zero attached hydrogens (tertiary/aromatic N) is 2. The molecule has 1 rings (SSSR count). The van der Waals surface area contributed by atoms with Crippen molar-refractivity contribution in [2.45, 2.75) is 45.6 Å². The van der Waals surface area contributed by atoms with E-state index < -0.39 is 0 Å². The first-order valence-electron chi connectivity index (χ1n) is 7.25. The van der Waals surface area contributed by atoms with Gasteiger partial charge in [0, 0.05) is 6.04 Å². The molecule has 1 heterocycles. The SMILES string of the molecule is CCCCOC(=O)CN(C)C1CCN(CC)CC1. The van der Waals surface area contributed by atoms with Crippen LogP contribution in [0.3, 0.4) is 0 Å². The van der Waals surface area contributed by atoms with Crippen LogP contribution in [0.15, 0.2) is 0 Å². The Balaban J connectivity index is 2.20. The summed E-state index contributed by atoms with van der Waals surface area (Å²) >= 11 is 0. The zero-order valence-electron chi connectivity index (χ0n) is 12.2. The number of likely N-dealkylation sites (tertiary alicyclic amines) is 1. The molecule has 1 aliphatic heterocycles. The Morgan fingerprint density at radius 2 is 2.00 bits per heavy atom. The van der Waals surface area contributed by atoms with Crippen LogP contribution < -0.4 is 0 Å². The van der Waals surface area contributed by atoms with Crippen molar-refractivity contribution in [1.29, 1.82) is 0 Å². The molecule has 1 saturated heterocycles. The molecular weight excluding hydrogens is 228 g/mol. The van der Waals surface area contributed by atoms with E-state index in [9.17, 15) is 4.79 Å². The zero-order valence-corrected chi connectivity index (χ0v) is 12.2. The molecule has 1 fully saturated rings. The van der Waals surface area contributed by atoms with E-state index >= 15 is 0 Å². The molecule has 18 heavy (non-hydrogen) atoms. The third-order valence-corrected chi connectivity index (χ3v) is 3.77. The van der Waals surface area contributed by atoms with E-state index in [-0.39, 0.29) is 5.97 Å². The summed E-state index contributed by atoms with van der Waals surface area (Å²) in [5, 5.41) is 0. The molecule has 0 amide bonds. The second-order valence-electron chi connectivity index (χ2n) is 5.15. The van der Waals surface area contributed by atoms with Gasteiger partial charge in [0.05, 0.1) is 13.2 Å². The summed E-state index contributed by atoms with van der Waals surface area (Å²) in [5.41, 5.74) is 0. The second-order valence-corrected chi connectivity index (χ2v) is 5.15. The highest BCUT2D eigenvalue weighted by Crippen LogP contribution is 2.14. The lowest BCUT2D eigenvalue weighted by molar-refractivity contribution is -0.145. The summed E-state index contributed by atoms with van der Waals surface area (Å²) in [6.07, 6.45) is 4.35. The number of esters is 1. The second kappa shape index (κ2) is 8.48. The van der Waals surface area contributed by atoms with Crippen LogP contribution in [0.2, 0.25) is 0 Å². The molecule has 0 aromatic heterocycles. The summed E-state index contributed by atoms with van der Waals surface area (Å²) in [4.78, 5) is 16.2. The third kappa shape index (κ3) is 5.36. The zero-order chi connectivity index (χ0) is 13.4. The predicted molar refractivity (Wildman–Crippen MR) is 73.6 cm³/mol. The lowest BCUT2D eigenvalue weighted by Gasteiger charge is -2.35. The normalized spacial score (nSPS) is 18.2. The van der Waals surface area contributed by atoms with Gasteiger partial charge in [0.25, 0.3) is 0 Å². The van der Waals surface area contributed by atoms with Gasteiger partial charge >= 0.3 is 5.97 Å². The maximum absolute atomic E-state index is 11.6. The Kier molecular flexibility index (Phi) is 7.28. The van der Waals surface area contributed by atoms with Crippen molar-refractivity contribution in [3.05, 3.63) is 0 Å². The molecule has 0 N–H and O–H groups in total. The molecule has 0 bridgehead atoms. The van der Waals surface area contributed by atoms with Crippen molar-refractivity contribution in [3.63, 3.8) is 0 Å². The van der Waals surface area contributed by atoms with Crippen molar-refractivity contribution >= 4 is 5.97 Å². The Morgan fingerprint density at radius 1 is 1.33 bits per heavy atom. The molecule has 0 atom stereocenters. The minimum absolute atomic E-state index is 0.0797. The molecule has 0 aromatic rings. The largest absolute Gasteiger partial charge is 0.465 e. The first-order valence-corrected chi connectivity index (χ1v) is 7.25. The monoisotopic (exact) mass is 256 g/mol. The van der Waals surface area contributed by atoms with Crippen LogP contribution in [0.5, 0.6) is 0 Å². The summed E-state index contributed by atoms with van der Waals surface area (Å²) in [5.74, 6) is -0.0797. The van der Waals surface area contributed by atoms with Gasteiger partial charge < -0.3 is 9.64 Å². The molecule has 0 unspecified atom stereocenters. The van der Waals surface area contributed by atoms with Crippen LogP contribution in [-0.4, -0.2) is 61.6 Å². The van der Waals surface area contributed by atoms with E-state index in [1.807, 2.05) is 7.05 Å². The first kappa shape index (κ1) is 15.4. The van der Waals surface area contributed by atoms with Crippen LogP contribution in [0.25, 0.3) is 0 Å². The third-order valence-electron chi connectivity index (χ3n) is 3.77. The number of rotatable bonds is 7. The van der Waals surface area contributed by atoms with Crippen LogP contribution >= 0.6 is 0 Å². The van der Waals surface area contributed by atoms with Crippen LogP contribution in [0, 0.1) is 0 Å². The molecule has 0 aliphatic carbocycles. The lowest BCUT2D eigenvalue weighted by Crippen LogP contribution is -2.45. The number of carbonyl (C=O) groups is 1. The summed E-state index contributed by atoms with van der Waals surface area (Å²) < 4.78 is 5.20. The van der Waals surface area contributed by atoms with Gasteiger partial charge in [-0.15, -0.1) is 0 Å². The average molecular weight is 256 g/mol. The predicted octanol–water partition coefficient (Wildman–Crippen LogP) is 1.75. The Hall–Kier alpha value is -0.610. The average Bonchev–Trinajstić information content (AvgIpc) is 2.39. The molecule has 0 saturated carbocycles. The van der Waals surface area contributed by atoms with E-state index in [1.54, 1.807) is 0 Å². The molecule has 0 aromatic carbocycles. The van der Waals surface area contributed by atoms with Crippen molar-refractivity contribution in [3.8, 4) is 0 Å². The molecule has 106 valence electrons. The summed E-state index contributed by atoms with van der Waals surface area (Å²) in [7, 11) is 2.04. The van der Waals surface area contributed by atoms with Gasteiger partial charge in [-0.1, -0.05) is 20.3 Å². The quantitative estimate of drug-likeness (QED) is 0.513. The van der Waals surface area contributed by atoms with Gasteiger partial charge in [-0.3, -0.25) is 9.69 Å². The van der Waals surface area contributed by atoms with E-state index in [0.29, 0.717) is 19.2 Å². The van der Waals surface area contributed by atoms with E-state index in [4.69, 9.17) is 4.74 Å². The van der Waals surface area contributed by atoms with Gasteiger partial charge in [-0.25, -0.2) is 0 Å². The van der Waals surface area contributed by atoms with Crippen LogP contribution in [0.1, 0.15) is 39.5 Å². The molecular formula is C14H28N2O2. The Labute approximate surface area is 111 Å². The number of ether oxygens (including phenoxy) is 1. The Bertz CT molecular complexity index is 238. The molecule has 1 aliphatic rings. The number of unbranched alkanes of at least 4 members (excludes halogenated alkanes) is 1. The minimum Gasteiger partial charge on any atom is -0.465 e. The van der Waals surface area contributed by atoms with E-state index in [1.165, 1.54) is 0 Å². The number of piperidine rings is 1. The topological polar surface area (TPSA) is 32.8 Å². The maximum Gasteiger partial charge on any atom is 0.320 e. The maximum atomic E-state index is 11.6. The van der Waals surface area contributed by atoms with Crippen LogP contribution in [-0.2, 0) is 9.53 Å². The smallest absolute Gasteiger partial charge is 0.320 e. The fraction of sp³-hybridized carbons (Fsp3) is 0.929. The fourth-order valence-corrected chi connectivity index (χ4v) is 2.39. The van der Waals surface area contributed by atoms with Crippen molar-refractivity contribution in [1.82, 2.24) is 9.80 Å². The highest BCUT2D eigenvalue weighted by molar-refractivity contribution is 5.71. The highest BCUT2D eigenvalue weighted by Gasteiger charge is 2.23. The molecule has 4 nitrogen and oxygen atoms in total. The van der Waals surface area contributed by atoms with Gasteiger partial charge in [0.15, 0.2) is 0 Å². The molecule has 0 spiro atoms. The van der Waals surface area contributed by atoms with E-state index in [2.05, 4.69) is 23.6 Å². The molecule has 0 radical (unpaired) electrons. The van der Waals surface area contributed by atoms with Crippen molar-refractivity contribution < 1.29 is 9.53 Å². The number of likely N-dealkylation sites (N-methyl/N-ethyl adjacent to an activating group) is 1. The summed E-state index contributed by atoms with van der Waals surface area (Å²) in [6, 6.07) is 0.534. The van der Waals surface area contributed by atoms with Gasteiger partial charge in [0.2, 0.25) is 0 Å². The van der Waals surface area contributed by atoms with Gasteiger partial charge in [-0.2, -0.15) is 0 Å². The van der Waals surface area contributed by atoms with Crippen molar-refractivity contribution in [2.75, 3.05) is 39.8 Å². The van der Waals surface area contributed by atoms with Crippen LogP contribution in [0.4, 0.5) is 0 Å². The van der Waals surface area contributed by atoms with Gasteiger partial charge in [0.1, 0.15) is 0 Å². The molecule has 4 heteroatoms. The summed E-state index contributed by atoms with van der Waals surface area (Å²) in [6.45, 7) is 8.73. The number of hydrogen-bond acceptors (Lipinski definition) is 4. The van der Waals surface area contributed by atoms with Gasteiger partial charge in [-0.05, 0) is 45.9 Å². The first-order chi connectivity index (χ1) is 8.67. The number of hydrogen-bond donors (Lipinski definition) is 0. The van der Waals surface area contributed by atoms with Crippen molar-refractivity contribution in [2.24, 2.45) is 0 Å². The number of carbonyl (C=O) groups excluding carboxylic acids is 1. The Morgan fingerprint density at radius 3 is 2.56 bits per heavy atom. The standard InChI is InChI=1S/C14H28N2O2/c1-4-6-11-18-14(17)12-15(3)13-7-9-16(5-2)10-8-13/h13H,4-12H2,1-3H3. The highest BCUT2D eigenvalue weighted by atomic mass is 16.5. The van der Waals surface area contributed by atoms with E-state index in [0.717, 1.165) is 45.3 Å².